The van der Waals surface area contributed by atoms with Crippen LogP contribution in [0.15, 0.2) is 0 Å². The average Bonchev–Trinajstić information content (AvgIpc) is 1.90. The van der Waals surface area contributed by atoms with Crippen molar-refractivity contribution in [2.75, 3.05) is 6.54 Å². The maximum absolute atomic E-state index is 9.08. The minimum absolute atomic E-state index is 0.0279. The first-order chi connectivity index (χ1) is 6.37. The van der Waals surface area contributed by atoms with Gasteiger partial charge in [0.2, 0.25) is 0 Å². The van der Waals surface area contributed by atoms with E-state index < -0.39 is 0 Å². The van der Waals surface area contributed by atoms with Crippen LogP contribution in [0.5, 0.6) is 0 Å². The first-order valence-electron chi connectivity index (χ1n) is 5.46. The Bertz CT molecular complexity index is 169. The molecule has 0 radical (unpaired) electrons. The summed E-state index contributed by atoms with van der Waals surface area (Å²) in [6, 6.07) is 0.539. The van der Waals surface area contributed by atoms with Gasteiger partial charge in [0.1, 0.15) is 0 Å². The lowest BCUT2D eigenvalue weighted by Crippen LogP contribution is -2.49. The Morgan fingerprint density at radius 1 is 1.43 bits per heavy atom. The molecule has 0 aromatic rings. The molecule has 0 spiro atoms. The van der Waals surface area contributed by atoms with Crippen LogP contribution < -0.4 is 5.32 Å². The second kappa shape index (κ2) is 4.60. The van der Waals surface area contributed by atoms with Crippen LogP contribution in [-0.4, -0.2) is 35.5 Å². The highest BCUT2D eigenvalue weighted by Crippen LogP contribution is 2.27. The Balaban J connectivity index is 2.06. The van der Waals surface area contributed by atoms with Crippen LogP contribution in [0.25, 0.3) is 0 Å². The summed E-state index contributed by atoms with van der Waals surface area (Å²) in [6.07, 6.45) is 2.30. The smallest absolute Gasteiger partial charge is 0.0636 e. The molecule has 1 fully saturated rings. The van der Waals surface area contributed by atoms with Gasteiger partial charge in [-0.15, -0.1) is 0 Å². The molecule has 0 bridgehead atoms. The van der Waals surface area contributed by atoms with Gasteiger partial charge in [-0.2, -0.15) is 0 Å². The third-order valence-electron chi connectivity index (χ3n) is 2.32. The minimum Gasteiger partial charge on any atom is -0.392 e. The molecular formula is C11H23NO2. The molecule has 0 heterocycles. The van der Waals surface area contributed by atoms with E-state index in [0.717, 1.165) is 12.8 Å². The third-order valence-corrected chi connectivity index (χ3v) is 2.32. The van der Waals surface area contributed by atoms with Crippen molar-refractivity contribution in [2.45, 2.75) is 64.4 Å². The van der Waals surface area contributed by atoms with E-state index >= 15 is 0 Å². The van der Waals surface area contributed by atoms with Gasteiger partial charge in [-0.05, 0) is 40.5 Å². The number of hydrogen-bond donors (Lipinski definition) is 2. The van der Waals surface area contributed by atoms with Crippen molar-refractivity contribution in [2.24, 2.45) is 0 Å². The highest BCUT2D eigenvalue weighted by Gasteiger charge is 2.32. The van der Waals surface area contributed by atoms with E-state index in [9.17, 15) is 0 Å². The third kappa shape index (κ3) is 4.40. The SMILES string of the molecule is C[C@H](O)CNC1CC(OC(C)(C)C)C1. The fraction of sp³-hybridized carbons (Fsp3) is 1.00. The van der Waals surface area contributed by atoms with Gasteiger partial charge in [-0.3, -0.25) is 0 Å². The van der Waals surface area contributed by atoms with Gasteiger partial charge in [-0.25, -0.2) is 0 Å². The van der Waals surface area contributed by atoms with Crippen molar-refractivity contribution >= 4 is 0 Å². The Labute approximate surface area is 86.8 Å². The van der Waals surface area contributed by atoms with Crippen molar-refractivity contribution in [3.05, 3.63) is 0 Å². The molecule has 2 N–H and O–H groups in total. The van der Waals surface area contributed by atoms with Crippen molar-refractivity contribution in [3.63, 3.8) is 0 Å². The van der Waals surface area contributed by atoms with Crippen LogP contribution in [0, 0.1) is 0 Å². The standard InChI is InChI=1S/C11H23NO2/c1-8(13)7-12-9-5-10(6-9)14-11(2,3)4/h8-10,12-13H,5-7H2,1-4H3/t8-,9?,10?/m0/s1. The Hall–Kier alpha value is -0.120. The van der Waals surface area contributed by atoms with Crippen LogP contribution in [-0.2, 0) is 4.74 Å². The second-order valence-corrected chi connectivity index (χ2v) is 5.28. The maximum atomic E-state index is 9.08. The molecule has 1 atom stereocenters. The molecule has 3 heteroatoms. The normalized spacial score (nSPS) is 29.8. The zero-order chi connectivity index (χ0) is 10.8. The zero-order valence-corrected chi connectivity index (χ0v) is 9.71. The van der Waals surface area contributed by atoms with Crippen LogP contribution >= 0.6 is 0 Å². The highest BCUT2D eigenvalue weighted by atomic mass is 16.5. The Kier molecular flexibility index (Phi) is 3.93. The quantitative estimate of drug-likeness (QED) is 0.720. The monoisotopic (exact) mass is 201 g/mol. The van der Waals surface area contributed by atoms with Gasteiger partial charge in [0, 0.05) is 12.6 Å². The average molecular weight is 201 g/mol. The largest absolute Gasteiger partial charge is 0.392 e. The maximum Gasteiger partial charge on any atom is 0.0636 e. The van der Waals surface area contributed by atoms with E-state index in [0.29, 0.717) is 18.7 Å². The number of aliphatic hydroxyl groups excluding tert-OH is 1. The lowest BCUT2D eigenvalue weighted by atomic mass is 9.88. The minimum atomic E-state index is -0.252. The molecule has 1 aliphatic carbocycles. The molecule has 0 saturated heterocycles. The topological polar surface area (TPSA) is 41.5 Å². The lowest BCUT2D eigenvalue weighted by molar-refractivity contribution is -0.103. The fourth-order valence-electron chi connectivity index (χ4n) is 1.67. The van der Waals surface area contributed by atoms with E-state index in [-0.39, 0.29) is 11.7 Å². The van der Waals surface area contributed by atoms with Crippen molar-refractivity contribution < 1.29 is 9.84 Å². The zero-order valence-electron chi connectivity index (χ0n) is 9.71. The second-order valence-electron chi connectivity index (χ2n) is 5.28. The molecule has 14 heavy (non-hydrogen) atoms. The van der Waals surface area contributed by atoms with Gasteiger partial charge < -0.3 is 15.2 Å². The Morgan fingerprint density at radius 2 is 2.00 bits per heavy atom. The number of ether oxygens (including phenoxy) is 1. The van der Waals surface area contributed by atoms with E-state index in [4.69, 9.17) is 9.84 Å². The summed E-state index contributed by atoms with van der Waals surface area (Å²) in [6.45, 7) is 8.75. The first kappa shape index (κ1) is 12.0. The van der Waals surface area contributed by atoms with Crippen molar-refractivity contribution in [1.29, 1.82) is 0 Å². The molecule has 0 aromatic heterocycles. The predicted octanol–water partition coefficient (Wildman–Crippen LogP) is 1.30. The summed E-state index contributed by atoms with van der Waals surface area (Å²) in [5.74, 6) is 0. The van der Waals surface area contributed by atoms with E-state index in [1.807, 2.05) is 0 Å². The molecule has 1 rings (SSSR count). The molecule has 1 aliphatic rings. The van der Waals surface area contributed by atoms with Gasteiger partial charge in [-0.1, -0.05) is 0 Å². The van der Waals surface area contributed by atoms with Gasteiger partial charge in [0.05, 0.1) is 17.8 Å². The van der Waals surface area contributed by atoms with Crippen LogP contribution in [0.3, 0.4) is 0 Å². The summed E-state index contributed by atoms with van der Waals surface area (Å²) >= 11 is 0. The molecule has 84 valence electrons. The summed E-state index contributed by atoms with van der Waals surface area (Å²) < 4.78 is 5.81. The first-order valence-corrected chi connectivity index (χ1v) is 5.46. The van der Waals surface area contributed by atoms with E-state index in [1.54, 1.807) is 6.92 Å². The number of rotatable bonds is 4. The summed E-state index contributed by atoms with van der Waals surface area (Å²) in [5, 5.41) is 12.4. The van der Waals surface area contributed by atoms with Crippen LogP contribution in [0.1, 0.15) is 40.5 Å². The van der Waals surface area contributed by atoms with Gasteiger partial charge in [0.25, 0.3) is 0 Å². The van der Waals surface area contributed by atoms with Crippen molar-refractivity contribution in [1.82, 2.24) is 5.32 Å². The van der Waals surface area contributed by atoms with Gasteiger partial charge in [0.15, 0.2) is 0 Å². The number of nitrogens with one attached hydrogen (secondary N) is 1. The van der Waals surface area contributed by atoms with Crippen molar-refractivity contribution in [3.8, 4) is 0 Å². The van der Waals surface area contributed by atoms with Crippen LogP contribution in [0.2, 0.25) is 0 Å². The molecule has 0 amide bonds. The summed E-state index contributed by atoms with van der Waals surface area (Å²) in [5.41, 5.74) is -0.0279. The fourth-order valence-corrected chi connectivity index (χ4v) is 1.67. The van der Waals surface area contributed by atoms with E-state index in [2.05, 4.69) is 26.1 Å². The van der Waals surface area contributed by atoms with E-state index in [1.165, 1.54) is 0 Å². The van der Waals surface area contributed by atoms with Gasteiger partial charge >= 0.3 is 0 Å². The number of hydrogen-bond acceptors (Lipinski definition) is 3. The number of aliphatic hydroxyl groups is 1. The molecule has 0 aliphatic heterocycles. The molecule has 0 aromatic carbocycles. The molecule has 3 nitrogen and oxygen atoms in total. The molecular weight excluding hydrogens is 178 g/mol. The predicted molar refractivity (Wildman–Crippen MR) is 57.3 cm³/mol. The Morgan fingerprint density at radius 3 is 2.43 bits per heavy atom. The lowest BCUT2D eigenvalue weighted by Gasteiger charge is -2.39. The molecule has 0 unspecified atom stereocenters. The van der Waals surface area contributed by atoms with Crippen LogP contribution in [0.4, 0.5) is 0 Å². The summed E-state index contributed by atoms with van der Waals surface area (Å²) in [7, 11) is 0. The highest BCUT2D eigenvalue weighted by molar-refractivity contribution is 4.87. The molecule has 1 saturated carbocycles. The summed E-state index contributed by atoms with van der Waals surface area (Å²) in [4.78, 5) is 0.